The zero-order valence-electron chi connectivity index (χ0n) is 15.9. The maximum Gasteiger partial charge on any atom is 0.271 e. The van der Waals surface area contributed by atoms with Crippen molar-refractivity contribution in [1.29, 1.82) is 0 Å². The van der Waals surface area contributed by atoms with Gasteiger partial charge >= 0.3 is 0 Å². The Hall–Kier alpha value is -2.69. The van der Waals surface area contributed by atoms with E-state index in [0.29, 0.717) is 28.4 Å². The van der Waals surface area contributed by atoms with Gasteiger partial charge in [0.05, 0.1) is 5.69 Å². The summed E-state index contributed by atoms with van der Waals surface area (Å²) >= 11 is 6.67. The Morgan fingerprint density at radius 2 is 2.07 bits per heavy atom. The first-order valence-electron chi connectivity index (χ1n) is 8.71. The number of carbonyl (C=O) groups excluding carboxylic acids is 1. The largest absolute Gasteiger partial charge is 0.354 e. The van der Waals surface area contributed by atoms with Gasteiger partial charge in [0.15, 0.2) is 5.76 Å². The van der Waals surface area contributed by atoms with E-state index in [1.165, 1.54) is 18.2 Å². The van der Waals surface area contributed by atoms with Crippen molar-refractivity contribution in [2.45, 2.75) is 24.5 Å². The fourth-order valence-electron chi connectivity index (χ4n) is 2.37. The zero-order chi connectivity index (χ0) is 21.9. The lowest BCUT2D eigenvalue weighted by Gasteiger charge is -2.07. The number of halogens is 2. The minimum atomic E-state index is -3.98. The first kappa shape index (κ1) is 22.0. The van der Waals surface area contributed by atoms with Crippen molar-refractivity contribution in [3.05, 3.63) is 57.5 Å². The predicted octanol–water partition coefficient (Wildman–Crippen LogP) is 5.16. The molecule has 2 N–H and O–H groups in total. The minimum absolute atomic E-state index is 0.00441. The highest BCUT2D eigenvalue weighted by Gasteiger charge is 2.19. The Labute approximate surface area is 181 Å². The highest BCUT2D eigenvalue weighted by atomic mass is 35.5. The van der Waals surface area contributed by atoms with Crippen LogP contribution in [-0.2, 0) is 14.8 Å². The standard InChI is InChI=1S/C19H17ClFN3O4S2/c1-3-17(25)22-19-11(2)23-28-16(19)8-5-13-6-9-18(29-13)30(26,27)24-15-7-4-12(20)10-14(15)21/h4-10,24H,3H2,1-2H3,(H,22,25). The normalized spacial score (nSPS) is 11.7. The summed E-state index contributed by atoms with van der Waals surface area (Å²) in [6.07, 6.45) is 3.52. The fourth-order valence-corrected chi connectivity index (χ4v) is 4.83. The van der Waals surface area contributed by atoms with Crippen LogP contribution in [0.2, 0.25) is 5.02 Å². The van der Waals surface area contributed by atoms with E-state index in [0.717, 1.165) is 17.4 Å². The lowest BCUT2D eigenvalue weighted by Crippen LogP contribution is -2.12. The number of anilines is 2. The number of hydrogen-bond acceptors (Lipinski definition) is 6. The summed E-state index contributed by atoms with van der Waals surface area (Å²) in [6, 6.07) is 6.67. The lowest BCUT2D eigenvalue weighted by molar-refractivity contribution is -0.115. The van der Waals surface area contributed by atoms with Gasteiger partial charge in [0, 0.05) is 16.3 Å². The number of sulfonamides is 1. The molecule has 0 spiro atoms. The second-order valence-electron chi connectivity index (χ2n) is 6.13. The average molecular weight is 470 g/mol. The van der Waals surface area contributed by atoms with Gasteiger partial charge < -0.3 is 9.84 Å². The molecule has 0 unspecified atom stereocenters. The highest BCUT2D eigenvalue weighted by Crippen LogP contribution is 2.28. The number of rotatable bonds is 7. The van der Waals surface area contributed by atoms with Gasteiger partial charge in [-0.25, -0.2) is 12.8 Å². The quantitative estimate of drug-likeness (QED) is 0.498. The number of benzene rings is 1. The van der Waals surface area contributed by atoms with Crippen molar-refractivity contribution in [3.8, 4) is 0 Å². The molecule has 7 nitrogen and oxygen atoms in total. The summed E-state index contributed by atoms with van der Waals surface area (Å²) in [5, 5.41) is 6.71. The smallest absolute Gasteiger partial charge is 0.271 e. The molecule has 3 aromatic rings. The van der Waals surface area contributed by atoms with Gasteiger partial charge in [-0.3, -0.25) is 9.52 Å². The van der Waals surface area contributed by atoms with Crippen LogP contribution in [0.4, 0.5) is 15.8 Å². The van der Waals surface area contributed by atoms with Gasteiger partial charge in [0.1, 0.15) is 21.4 Å². The summed E-state index contributed by atoms with van der Waals surface area (Å²) < 4.78 is 46.4. The fraction of sp³-hybridized carbons (Fsp3) is 0.158. The van der Waals surface area contributed by atoms with Crippen LogP contribution in [0, 0.1) is 12.7 Å². The molecule has 1 aromatic carbocycles. The number of amides is 1. The predicted molar refractivity (Wildman–Crippen MR) is 116 cm³/mol. The number of hydrogen-bond donors (Lipinski definition) is 2. The third-order valence-electron chi connectivity index (χ3n) is 3.92. The monoisotopic (exact) mass is 469 g/mol. The molecule has 2 aromatic heterocycles. The topological polar surface area (TPSA) is 101 Å². The first-order valence-corrected chi connectivity index (χ1v) is 11.4. The highest BCUT2D eigenvalue weighted by molar-refractivity contribution is 7.94. The summed E-state index contributed by atoms with van der Waals surface area (Å²) in [7, 11) is -3.98. The van der Waals surface area contributed by atoms with E-state index in [2.05, 4.69) is 15.2 Å². The van der Waals surface area contributed by atoms with Crippen molar-refractivity contribution < 1.29 is 22.1 Å². The third kappa shape index (κ3) is 5.07. The molecule has 0 atom stereocenters. The van der Waals surface area contributed by atoms with Gasteiger partial charge in [0.2, 0.25) is 5.91 Å². The molecule has 0 aliphatic heterocycles. The molecule has 2 heterocycles. The third-order valence-corrected chi connectivity index (χ3v) is 7.06. The van der Waals surface area contributed by atoms with Crippen LogP contribution in [0.15, 0.2) is 39.1 Å². The lowest BCUT2D eigenvalue weighted by atomic mass is 10.2. The van der Waals surface area contributed by atoms with Crippen molar-refractivity contribution in [1.82, 2.24) is 5.16 Å². The molecular formula is C19H17ClFN3O4S2. The van der Waals surface area contributed by atoms with Crippen LogP contribution in [-0.4, -0.2) is 19.5 Å². The van der Waals surface area contributed by atoms with Gasteiger partial charge in [-0.2, -0.15) is 0 Å². The van der Waals surface area contributed by atoms with Crippen LogP contribution in [0.1, 0.15) is 29.7 Å². The SMILES string of the molecule is CCC(=O)Nc1c(C)noc1C=Cc1ccc(S(=O)(=O)Nc2ccc(Cl)cc2F)s1. The number of aryl methyl sites for hydroxylation is 1. The van der Waals surface area contributed by atoms with Crippen LogP contribution in [0.5, 0.6) is 0 Å². The number of nitrogens with one attached hydrogen (secondary N) is 2. The molecule has 0 bridgehead atoms. The zero-order valence-corrected chi connectivity index (χ0v) is 18.3. The Balaban J connectivity index is 1.79. The van der Waals surface area contributed by atoms with Crippen LogP contribution in [0.25, 0.3) is 12.2 Å². The maximum absolute atomic E-state index is 13.9. The molecule has 0 aliphatic rings. The number of carbonyl (C=O) groups is 1. The Morgan fingerprint density at radius 1 is 1.30 bits per heavy atom. The molecule has 0 saturated carbocycles. The average Bonchev–Trinajstić information content (AvgIpc) is 3.30. The van der Waals surface area contributed by atoms with E-state index in [9.17, 15) is 17.6 Å². The molecular weight excluding hydrogens is 453 g/mol. The maximum atomic E-state index is 13.9. The number of thiophene rings is 1. The van der Waals surface area contributed by atoms with Crippen molar-refractivity contribution in [3.63, 3.8) is 0 Å². The molecule has 0 radical (unpaired) electrons. The molecule has 30 heavy (non-hydrogen) atoms. The molecule has 0 fully saturated rings. The van der Waals surface area contributed by atoms with Crippen molar-refractivity contribution >= 4 is 62.4 Å². The van der Waals surface area contributed by atoms with Crippen molar-refractivity contribution in [2.24, 2.45) is 0 Å². The molecule has 11 heteroatoms. The van der Waals surface area contributed by atoms with Crippen molar-refractivity contribution in [2.75, 3.05) is 10.0 Å². The molecule has 158 valence electrons. The van der Waals surface area contributed by atoms with Crippen LogP contribution < -0.4 is 10.0 Å². The summed E-state index contributed by atoms with van der Waals surface area (Å²) in [5.41, 5.74) is 0.792. The van der Waals surface area contributed by atoms with Gasteiger partial charge in [-0.05, 0) is 49.4 Å². The second-order valence-corrected chi connectivity index (χ2v) is 9.59. The Morgan fingerprint density at radius 3 is 2.77 bits per heavy atom. The van der Waals surface area contributed by atoms with E-state index in [1.807, 2.05) is 0 Å². The summed E-state index contributed by atoms with van der Waals surface area (Å²) in [6.45, 7) is 3.43. The van der Waals surface area contributed by atoms with E-state index >= 15 is 0 Å². The number of nitrogens with zero attached hydrogens (tertiary/aromatic N) is 1. The second kappa shape index (κ2) is 8.99. The minimum Gasteiger partial charge on any atom is -0.354 e. The van der Waals surface area contributed by atoms with E-state index < -0.39 is 15.8 Å². The van der Waals surface area contributed by atoms with E-state index in [-0.39, 0.29) is 20.8 Å². The molecule has 1 amide bonds. The Kier molecular flexibility index (Phi) is 6.59. The van der Waals surface area contributed by atoms with E-state index in [1.54, 1.807) is 32.1 Å². The Bertz CT molecular complexity index is 1220. The van der Waals surface area contributed by atoms with Gasteiger partial charge in [-0.15, -0.1) is 11.3 Å². The van der Waals surface area contributed by atoms with Gasteiger partial charge in [0.25, 0.3) is 10.0 Å². The van der Waals surface area contributed by atoms with Crippen LogP contribution in [0.3, 0.4) is 0 Å². The number of aromatic nitrogens is 1. The molecule has 3 rings (SSSR count). The van der Waals surface area contributed by atoms with Gasteiger partial charge in [-0.1, -0.05) is 23.7 Å². The summed E-state index contributed by atoms with van der Waals surface area (Å²) in [5.74, 6) is -0.612. The first-order chi connectivity index (χ1) is 14.2. The molecule has 0 aliphatic carbocycles. The van der Waals surface area contributed by atoms with E-state index in [4.69, 9.17) is 16.1 Å². The summed E-state index contributed by atoms with van der Waals surface area (Å²) in [4.78, 5) is 12.3. The molecule has 0 saturated heterocycles. The van der Waals surface area contributed by atoms with Crippen LogP contribution >= 0.6 is 22.9 Å².